The molecule has 3 aromatic carbocycles. The third-order valence-electron chi connectivity index (χ3n) is 4.81. The van der Waals surface area contributed by atoms with Crippen LogP contribution >= 0.6 is 0 Å². The summed E-state index contributed by atoms with van der Waals surface area (Å²) in [4.78, 5) is 0. The Morgan fingerprint density at radius 1 is 1.00 bits per heavy atom. The van der Waals surface area contributed by atoms with Gasteiger partial charge in [0.15, 0.2) is 29.2 Å². The van der Waals surface area contributed by atoms with Gasteiger partial charge in [0.2, 0.25) is 12.3 Å². The van der Waals surface area contributed by atoms with Gasteiger partial charge in [-0.15, -0.1) is 0 Å². The topological polar surface area (TPSA) is 51.8 Å². The van der Waals surface area contributed by atoms with Gasteiger partial charge < -0.3 is 31.7 Å². The summed E-state index contributed by atoms with van der Waals surface area (Å²) in [5.74, 6) is 2.15. The number of benzene rings is 3. The van der Waals surface area contributed by atoms with Crippen molar-refractivity contribution in [2.75, 3.05) is 13.9 Å². The first kappa shape index (κ1) is 16.5. The third kappa shape index (κ3) is 2.14. The lowest BCUT2D eigenvalue weighted by Gasteiger charge is -2.11. The van der Waals surface area contributed by atoms with Crippen LogP contribution in [0.1, 0.15) is 0 Å². The lowest BCUT2D eigenvalue weighted by atomic mass is 10.00. The molecule has 5 nitrogen and oxygen atoms in total. The molecule has 0 spiro atoms. The summed E-state index contributed by atoms with van der Waals surface area (Å²) in [5, 5.41) is 15.3. The minimum Gasteiger partial charge on any atom is -1.00 e. The van der Waals surface area contributed by atoms with Crippen LogP contribution in [0.5, 0.6) is 23.0 Å². The van der Waals surface area contributed by atoms with E-state index in [1.165, 1.54) is 0 Å². The molecule has 0 atom stereocenters. The van der Waals surface area contributed by atoms with Gasteiger partial charge in [0.25, 0.3) is 0 Å². The fraction of sp³-hybridized carbons (Fsp3) is 0.150. The first-order chi connectivity index (χ1) is 12.2. The summed E-state index contributed by atoms with van der Waals surface area (Å²) >= 11 is 0. The van der Waals surface area contributed by atoms with E-state index in [1.807, 2.05) is 31.4 Å². The van der Waals surface area contributed by atoms with Gasteiger partial charge in [-0.3, -0.25) is 0 Å². The monoisotopic (exact) mass is 369 g/mol. The Labute approximate surface area is 155 Å². The van der Waals surface area contributed by atoms with E-state index < -0.39 is 0 Å². The number of pyridine rings is 1. The number of halogens is 1. The molecule has 1 aliphatic heterocycles. The second kappa shape index (κ2) is 5.81. The van der Waals surface area contributed by atoms with Gasteiger partial charge in [0, 0.05) is 5.39 Å². The molecule has 0 bridgehead atoms. The summed E-state index contributed by atoms with van der Waals surface area (Å²) in [5.41, 5.74) is 1.05. The van der Waals surface area contributed by atoms with E-state index in [2.05, 4.69) is 16.7 Å². The van der Waals surface area contributed by atoms with E-state index in [9.17, 15) is 5.11 Å². The molecule has 6 heteroatoms. The second-order valence-electron chi connectivity index (χ2n) is 6.21. The molecule has 0 fully saturated rings. The highest BCUT2D eigenvalue weighted by atomic mass is 35.5. The van der Waals surface area contributed by atoms with Crippen molar-refractivity contribution >= 4 is 32.4 Å². The fourth-order valence-electron chi connectivity index (χ4n) is 3.73. The zero-order chi connectivity index (χ0) is 17.1. The molecule has 0 radical (unpaired) electrons. The number of hydrogen-bond donors (Lipinski definition) is 1. The highest BCUT2D eigenvalue weighted by Gasteiger charge is 2.22. The number of hydrogen-bond acceptors (Lipinski definition) is 4. The Balaban J connectivity index is 0.00000168. The van der Waals surface area contributed by atoms with Gasteiger partial charge in [-0.05, 0) is 35.7 Å². The molecule has 0 aliphatic carbocycles. The van der Waals surface area contributed by atoms with Crippen LogP contribution in [0.2, 0.25) is 0 Å². The van der Waals surface area contributed by atoms with Gasteiger partial charge >= 0.3 is 0 Å². The van der Waals surface area contributed by atoms with E-state index in [-0.39, 0.29) is 24.9 Å². The maximum Gasteiger partial charge on any atom is 0.231 e. The third-order valence-corrected chi connectivity index (χ3v) is 4.81. The molecule has 26 heavy (non-hydrogen) atoms. The Bertz CT molecular complexity index is 1190. The summed E-state index contributed by atoms with van der Waals surface area (Å²) in [6.07, 6.45) is 2.05. The van der Waals surface area contributed by atoms with E-state index in [0.29, 0.717) is 5.75 Å². The number of aromatic nitrogens is 1. The summed E-state index contributed by atoms with van der Waals surface area (Å²) in [6.45, 7) is 0.250. The fourth-order valence-corrected chi connectivity index (χ4v) is 3.73. The molecule has 4 aromatic rings. The van der Waals surface area contributed by atoms with Gasteiger partial charge in [-0.2, -0.15) is 4.57 Å². The normalized spacial score (nSPS) is 12.5. The van der Waals surface area contributed by atoms with Crippen LogP contribution in [-0.2, 0) is 7.05 Å². The second-order valence-corrected chi connectivity index (χ2v) is 6.21. The van der Waals surface area contributed by atoms with Crippen LogP contribution in [-0.4, -0.2) is 19.0 Å². The number of rotatable bonds is 1. The lowest BCUT2D eigenvalue weighted by molar-refractivity contribution is -0.642. The lowest BCUT2D eigenvalue weighted by Crippen LogP contribution is -3.00. The summed E-state index contributed by atoms with van der Waals surface area (Å²) in [6, 6.07) is 11.7. The number of aromatic hydroxyl groups is 1. The van der Waals surface area contributed by atoms with Crippen molar-refractivity contribution in [2.45, 2.75) is 0 Å². The molecule has 0 saturated heterocycles. The quantitative estimate of drug-likeness (QED) is 0.390. The first-order valence-corrected chi connectivity index (χ1v) is 8.02. The van der Waals surface area contributed by atoms with E-state index in [4.69, 9.17) is 14.2 Å². The highest BCUT2D eigenvalue weighted by molar-refractivity contribution is 6.16. The van der Waals surface area contributed by atoms with E-state index >= 15 is 0 Å². The number of fused-ring (bicyclic) bond motifs is 6. The van der Waals surface area contributed by atoms with Crippen LogP contribution < -0.4 is 31.2 Å². The van der Waals surface area contributed by atoms with Crippen molar-refractivity contribution in [2.24, 2.45) is 7.05 Å². The molecule has 1 aromatic heterocycles. The molecular weight excluding hydrogens is 354 g/mol. The Morgan fingerprint density at radius 2 is 1.73 bits per heavy atom. The smallest absolute Gasteiger partial charge is 0.231 e. The van der Waals surface area contributed by atoms with Crippen molar-refractivity contribution in [1.82, 2.24) is 0 Å². The zero-order valence-electron chi connectivity index (χ0n) is 14.2. The predicted molar refractivity (Wildman–Crippen MR) is 94.5 cm³/mol. The molecule has 5 rings (SSSR count). The van der Waals surface area contributed by atoms with Crippen molar-refractivity contribution in [1.29, 1.82) is 0 Å². The predicted octanol–water partition coefficient (Wildman–Crippen LogP) is 0.418. The Hall–Kier alpha value is -2.92. The van der Waals surface area contributed by atoms with Crippen molar-refractivity contribution < 1.29 is 36.3 Å². The summed E-state index contributed by atoms with van der Waals surface area (Å²) < 4.78 is 18.6. The van der Waals surface area contributed by atoms with Crippen molar-refractivity contribution in [3.8, 4) is 23.0 Å². The van der Waals surface area contributed by atoms with Gasteiger partial charge in [0.05, 0.1) is 23.3 Å². The number of ether oxygens (including phenoxy) is 3. The number of nitrogens with zero attached hydrogens (tertiary/aromatic N) is 1. The molecule has 0 unspecified atom stereocenters. The Morgan fingerprint density at radius 3 is 2.50 bits per heavy atom. The number of aryl methyl sites for hydroxylation is 1. The highest BCUT2D eigenvalue weighted by Crippen LogP contribution is 2.42. The van der Waals surface area contributed by atoms with Crippen LogP contribution in [0, 0.1) is 0 Å². The SMILES string of the molecule is COc1c(O)ccc2c[n+](C)c3c4cc5c(cc4ccc3c12)OCO5.[Cl-]. The van der Waals surface area contributed by atoms with E-state index in [0.717, 1.165) is 43.9 Å². The largest absolute Gasteiger partial charge is 1.00 e. The van der Waals surface area contributed by atoms with E-state index in [1.54, 1.807) is 13.2 Å². The van der Waals surface area contributed by atoms with Crippen molar-refractivity contribution in [3.63, 3.8) is 0 Å². The minimum absolute atomic E-state index is 0. The maximum absolute atomic E-state index is 10.2. The van der Waals surface area contributed by atoms with Gasteiger partial charge in [-0.1, -0.05) is 6.07 Å². The number of phenolic OH excluding ortho intramolecular Hbond substituents is 1. The van der Waals surface area contributed by atoms with Crippen LogP contribution in [0.3, 0.4) is 0 Å². The van der Waals surface area contributed by atoms with Crippen LogP contribution in [0.4, 0.5) is 0 Å². The average molecular weight is 370 g/mol. The molecule has 132 valence electrons. The minimum atomic E-state index is 0. The molecule has 1 N–H and O–H groups in total. The van der Waals surface area contributed by atoms with Crippen LogP contribution in [0.25, 0.3) is 32.4 Å². The number of phenols is 1. The maximum atomic E-state index is 10.2. The van der Waals surface area contributed by atoms with Crippen molar-refractivity contribution in [3.05, 3.63) is 42.6 Å². The number of methoxy groups -OCH3 is 1. The van der Waals surface area contributed by atoms with Gasteiger partial charge in [-0.25, -0.2) is 0 Å². The molecular formula is C20H16ClNO4. The standard InChI is InChI=1S/C20H15NO4.ClH/c1-21-9-12-4-6-15(22)20(23-2)18(12)13-5-3-11-7-16-17(25-10-24-16)8-14(11)19(13)21;/h3-9H,10H2,1-2H3;1H. The molecule has 1 aliphatic rings. The Kier molecular flexibility index (Phi) is 3.70. The average Bonchev–Trinajstić information content (AvgIpc) is 3.07. The van der Waals surface area contributed by atoms with Gasteiger partial charge in [0.1, 0.15) is 7.05 Å². The molecule has 2 heterocycles. The van der Waals surface area contributed by atoms with Crippen LogP contribution in [0.15, 0.2) is 42.6 Å². The molecule has 0 saturated carbocycles. The zero-order valence-corrected chi connectivity index (χ0v) is 15.0. The first-order valence-electron chi connectivity index (χ1n) is 8.02. The molecule has 0 amide bonds. The summed E-state index contributed by atoms with van der Waals surface area (Å²) in [7, 11) is 3.59.